The Hall–Kier alpha value is -0.370. The van der Waals surface area contributed by atoms with E-state index in [0.717, 1.165) is 25.9 Å². The van der Waals surface area contributed by atoms with Gasteiger partial charge in [-0.25, -0.2) is 0 Å². The van der Waals surface area contributed by atoms with E-state index in [4.69, 9.17) is 4.74 Å². The number of unbranched alkanes of at least 4 members (excludes halogenated alkanes) is 2. The Labute approximate surface area is 80.7 Å². The average molecular weight is 184 g/mol. The highest BCUT2D eigenvalue weighted by Crippen LogP contribution is 2.22. The minimum absolute atomic E-state index is 0.0862. The largest absolute Gasteiger partial charge is 0.370 e. The van der Waals surface area contributed by atoms with E-state index in [2.05, 4.69) is 13.8 Å². The molecule has 1 heterocycles. The zero-order chi connectivity index (χ0) is 9.68. The molecule has 0 amide bonds. The Bertz CT molecular complexity index is 165. The van der Waals surface area contributed by atoms with E-state index in [1.807, 2.05) is 0 Å². The first kappa shape index (κ1) is 10.7. The fourth-order valence-electron chi connectivity index (χ4n) is 1.80. The van der Waals surface area contributed by atoms with E-state index in [9.17, 15) is 4.79 Å². The predicted octanol–water partition coefficient (Wildman–Crippen LogP) is 2.56. The fourth-order valence-corrected chi connectivity index (χ4v) is 1.80. The number of ether oxygens (including phenoxy) is 1. The molecule has 0 aromatic carbocycles. The lowest BCUT2D eigenvalue weighted by Crippen LogP contribution is -2.24. The van der Waals surface area contributed by atoms with Gasteiger partial charge in [0, 0.05) is 13.0 Å². The summed E-state index contributed by atoms with van der Waals surface area (Å²) < 4.78 is 5.41. The third-order valence-corrected chi connectivity index (χ3v) is 2.73. The van der Waals surface area contributed by atoms with Crippen molar-refractivity contribution in [3.8, 4) is 0 Å². The Balaban J connectivity index is 2.22. The molecule has 1 fully saturated rings. The van der Waals surface area contributed by atoms with E-state index in [0.29, 0.717) is 18.1 Å². The van der Waals surface area contributed by atoms with Crippen molar-refractivity contribution in [3.63, 3.8) is 0 Å². The third-order valence-electron chi connectivity index (χ3n) is 2.73. The maximum absolute atomic E-state index is 11.6. The van der Waals surface area contributed by atoms with Crippen LogP contribution in [0.5, 0.6) is 0 Å². The predicted molar refractivity (Wildman–Crippen MR) is 52.7 cm³/mol. The van der Waals surface area contributed by atoms with E-state index in [1.165, 1.54) is 6.42 Å². The summed E-state index contributed by atoms with van der Waals surface area (Å²) in [6.45, 7) is 5.03. The van der Waals surface area contributed by atoms with Gasteiger partial charge in [0.1, 0.15) is 6.10 Å². The van der Waals surface area contributed by atoms with Crippen LogP contribution < -0.4 is 0 Å². The summed E-state index contributed by atoms with van der Waals surface area (Å²) in [6, 6.07) is 0. The second-order valence-corrected chi connectivity index (χ2v) is 3.98. The fraction of sp³-hybridized carbons (Fsp3) is 0.909. The van der Waals surface area contributed by atoms with Gasteiger partial charge in [0.05, 0.1) is 0 Å². The van der Waals surface area contributed by atoms with E-state index >= 15 is 0 Å². The second kappa shape index (κ2) is 5.38. The maximum Gasteiger partial charge on any atom is 0.161 e. The number of ketones is 1. The van der Waals surface area contributed by atoms with Gasteiger partial charge < -0.3 is 4.74 Å². The van der Waals surface area contributed by atoms with Crippen molar-refractivity contribution in [2.75, 3.05) is 6.61 Å². The van der Waals surface area contributed by atoms with Crippen LogP contribution in [0.3, 0.4) is 0 Å². The third kappa shape index (κ3) is 3.11. The van der Waals surface area contributed by atoms with Crippen LogP contribution in [0.15, 0.2) is 0 Å². The normalized spacial score (nSPS) is 27.8. The van der Waals surface area contributed by atoms with E-state index < -0.39 is 0 Å². The van der Waals surface area contributed by atoms with Crippen molar-refractivity contribution in [3.05, 3.63) is 0 Å². The molecule has 13 heavy (non-hydrogen) atoms. The quantitative estimate of drug-likeness (QED) is 0.614. The molecule has 1 saturated heterocycles. The summed E-state index contributed by atoms with van der Waals surface area (Å²) in [5.41, 5.74) is 0. The van der Waals surface area contributed by atoms with Crippen LogP contribution in [-0.4, -0.2) is 18.5 Å². The van der Waals surface area contributed by atoms with Crippen LogP contribution in [0.4, 0.5) is 0 Å². The molecule has 2 atom stereocenters. The molecule has 0 aliphatic carbocycles. The molecule has 1 aliphatic rings. The highest BCUT2D eigenvalue weighted by atomic mass is 16.5. The van der Waals surface area contributed by atoms with Crippen LogP contribution in [0.25, 0.3) is 0 Å². The lowest BCUT2D eigenvalue weighted by Gasteiger charge is -2.12. The lowest BCUT2D eigenvalue weighted by atomic mass is 9.97. The maximum atomic E-state index is 11.6. The van der Waals surface area contributed by atoms with E-state index in [1.54, 1.807) is 0 Å². The van der Waals surface area contributed by atoms with Crippen molar-refractivity contribution in [2.24, 2.45) is 5.92 Å². The molecule has 1 aliphatic heterocycles. The topological polar surface area (TPSA) is 26.3 Å². The number of rotatable bonds is 5. The molecule has 2 unspecified atom stereocenters. The minimum atomic E-state index is -0.0862. The van der Waals surface area contributed by atoms with Crippen LogP contribution in [0, 0.1) is 5.92 Å². The first-order valence-electron chi connectivity index (χ1n) is 5.40. The first-order chi connectivity index (χ1) is 6.25. The molecule has 0 N–H and O–H groups in total. The Kier molecular flexibility index (Phi) is 4.43. The van der Waals surface area contributed by atoms with Gasteiger partial charge in [-0.2, -0.15) is 0 Å². The number of carbonyl (C=O) groups excluding carboxylic acids is 1. The lowest BCUT2D eigenvalue weighted by molar-refractivity contribution is -0.129. The molecule has 0 aromatic heterocycles. The molecule has 0 aromatic rings. The summed E-state index contributed by atoms with van der Waals surface area (Å²) in [7, 11) is 0. The zero-order valence-corrected chi connectivity index (χ0v) is 8.71. The molecule has 2 heteroatoms. The molecule has 1 rings (SSSR count). The van der Waals surface area contributed by atoms with Gasteiger partial charge in [-0.05, 0) is 18.8 Å². The molecule has 2 nitrogen and oxygen atoms in total. The molecule has 0 saturated carbocycles. The van der Waals surface area contributed by atoms with Crippen molar-refractivity contribution in [1.82, 2.24) is 0 Å². The van der Waals surface area contributed by atoms with E-state index in [-0.39, 0.29) is 6.10 Å². The summed E-state index contributed by atoms with van der Waals surface area (Å²) in [4.78, 5) is 11.6. The summed E-state index contributed by atoms with van der Waals surface area (Å²) in [5.74, 6) is 0.757. The van der Waals surface area contributed by atoms with Crippen molar-refractivity contribution >= 4 is 5.78 Å². The number of carbonyl (C=O) groups is 1. The SMILES string of the molecule is CCCCCC(=O)C1OCCC1C. The van der Waals surface area contributed by atoms with Gasteiger partial charge in [-0.3, -0.25) is 4.79 Å². The van der Waals surface area contributed by atoms with Crippen molar-refractivity contribution in [1.29, 1.82) is 0 Å². The van der Waals surface area contributed by atoms with Gasteiger partial charge in [0.2, 0.25) is 0 Å². The highest BCUT2D eigenvalue weighted by Gasteiger charge is 2.29. The summed E-state index contributed by atoms with van der Waals surface area (Å²) in [5, 5.41) is 0. The molecule has 76 valence electrons. The smallest absolute Gasteiger partial charge is 0.161 e. The summed E-state index contributed by atoms with van der Waals surface area (Å²) in [6.07, 6.45) is 5.03. The van der Waals surface area contributed by atoms with Crippen molar-refractivity contribution in [2.45, 2.75) is 52.1 Å². The van der Waals surface area contributed by atoms with Gasteiger partial charge in [0.15, 0.2) is 5.78 Å². The highest BCUT2D eigenvalue weighted by molar-refractivity contribution is 5.83. The summed E-state index contributed by atoms with van der Waals surface area (Å²) >= 11 is 0. The number of hydrogen-bond acceptors (Lipinski definition) is 2. The van der Waals surface area contributed by atoms with Crippen LogP contribution >= 0.6 is 0 Å². The zero-order valence-electron chi connectivity index (χ0n) is 8.71. The molecule has 0 bridgehead atoms. The van der Waals surface area contributed by atoms with Crippen molar-refractivity contribution < 1.29 is 9.53 Å². The van der Waals surface area contributed by atoms with Gasteiger partial charge >= 0.3 is 0 Å². The monoisotopic (exact) mass is 184 g/mol. The first-order valence-corrected chi connectivity index (χ1v) is 5.40. The standard InChI is InChI=1S/C11H20O2/c1-3-4-5-6-10(12)11-9(2)7-8-13-11/h9,11H,3-8H2,1-2H3. The van der Waals surface area contributed by atoms with Crippen LogP contribution in [0.1, 0.15) is 46.0 Å². The molecular weight excluding hydrogens is 164 g/mol. The Morgan fingerprint density at radius 2 is 2.23 bits per heavy atom. The van der Waals surface area contributed by atoms with Crippen LogP contribution in [-0.2, 0) is 9.53 Å². The molecular formula is C11H20O2. The Morgan fingerprint density at radius 1 is 1.46 bits per heavy atom. The van der Waals surface area contributed by atoms with Crippen LogP contribution in [0.2, 0.25) is 0 Å². The van der Waals surface area contributed by atoms with Gasteiger partial charge in [-0.1, -0.05) is 26.7 Å². The second-order valence-electron chi connectivity index (χ2n) is 3.98. The van der Waals surface area contributed by atoms with Gasteiger partial charge in [0.25, 0.3) is 0 Å². The molecule has 0 radical (unpaired) electrons. The van der Waals surface area contributed by atoms with Gasteiger partial charge in [-0.15, -0.1) is 0 Å². The molecule has 0 spiro atoms. The average Bonchev–Trinajstić information content (AvgIpc) is 2.52. The minimum Gasteiger partial charge on any atom is -0.370 e. The number of hydrogen-bond donors (Lipinski definition) is 0. The Morgan fingerprint density at radius 3 is 2.77 bits per heavy atom. The number of Topliss-reactive ketones (excluding diaryl/α,β-unsaturated/α-hetero) is 1.